The molecule has 1 atom stereocenters. The van der Waals surface area contributed by atoms with E-state index in [4.69, 9.17) is 0 Å². The highest BCUT2D eigenvalue weighted by molar-refractivity contribution is 5.80. The van der Waals surface area contributed by atoms with E-state index in [1.165, 1.54) is 32.1 Å². The Bertz CT molecular complexity index is 332. The number of likely N-dealkylation sites (N-methyl/N-ethyl adjacent to an activating group) is 1. The van der Waals surface area contributed by atoms with Crippen molar-refractivity contribution in [2.24, 2.45) is 5.92 Å². The molecule has 2 heterocycles. The summed E-state index contributed by atoms with van der Waals surface area (Å²) in [4.78, 5) is 17.5. The molecule has 0 bridgehead atoms. The Balaban J connectivity index is 1.78. The van der Waals surface area contributed by atoms with Crippen molar-refractivity contribution in [3.8, 4) is 0 Å². The largest absolute Gasteiger partial charge is 0.334 e. The Kier molecular flexibility index (Phi) is 3.81. The molecule has 0 radical (unpaired) electrons. The van der Waals surface area contributed by atoms with Crippen LogP contribution in [0.4, 0.5) is 0 Å². The Morgan fingerprint density at radius 3 is 2.68 bits per heavy atom. The van der Waals surface area contributed by atoms with Gasteiger partial charge in [0.05, 0.1) is 11.5 Å². The maximum Gasteiger partial charge on any atom is 0.227 e. The predicted octanol–water partition coefficient (Wildman–Crippen LogP) is 1.07. The van der Waals surface area contributed by atoms with Crippen molar-refractivity contribution in [3.63, 3.8) is 0 Å². The van der Waals surface area contributed by atoms with Crippen molar-refractivity contribution < 1.29 is 4.79 Å². The van der Waals surface area contributed by atoms with Gasteiger partial charge in [-0.15, -0.1) is 0 Å². The number of piperazine rings is 1. The Morgan fingerprint density at radius 2 is 2.00 bits per heavy atom. The van der Waals surface area contributed by atoms with Crippen LogP contribution in [0.5, 0.6) is 0 Å². The van der Waals surface area contributed by atoms with Gasteiger partial charge in [0.2, 0.25) is 5.91 Å². The van der Waals surface area contributed by atoms with Crippen LogP contribution in [0.3, 0.4) is 0 Å². The molecule has 0 aromatic carbocycles. The zero-order chi connectivity index (χ0) is 13.3. The molecule has 3 aliphatic rings. The number of hydrogen-bond donors (Lipinski definition) is 1. The van der Waals surface area contributed by atoms with Crippen LogP contribution in [0.2, 0.25) is 0 Å². The zero-order valence-electron chi connectivity index (χ0n) is 12.2. The summed E-state index contributed by atoms with van der Waals surface area (Å²) in [7, 11) is 2.20. The first-order valence-electron chi connectivity index (χ1n) is 7.92. The molecule has 1 amide bonds. The molecule has 4 heteroatoms. The van der Waals surface area contributed by atoms with Gasteiger partial charge in [-0.2, -0.15) is 0 Å². The summed E-state index contributed by atoms with van der Waals surface area (Å²) < 4.78 is 0. The van der Waals surface area contributed by atoms with Gasteiger partial charge in [-0.25, -0.2) is 0 Å². The van der Waals surface area contributed by atoms with E-state index < -0.39 is 0 Å². The summed E-state index contributed by atoms with van der Waals surface area (Å²) in [5.74, 6) is 0.669. The van der Waals surface area contributed by atoms with E-state index >= 15 is 0 Å². The van der Waals surface area contributed by atoms with Crippen LogP contribution in [-0.2, 0) is 4.79 Å². The summed E-state index contributed by atoms with van der Waals surface area (Å²) in [5, 5.41) is 3.33. The lowest BCUT2D eigenvalue weighted by molar-refractivity contribution is -0.148. The van der Waals surface area contributed by atoms with E-state index in [2.05, 4.69) is 22.2 Å². The maximum atomic E-state index is 12.8. The maximum absolute atomic E-state index is 12.8. The second kappa shape index (κ2) is 5.41. The number of carbonyl (C=O) groups is 1. The monoisotopic (exact) mass is 265 g/mol. The van der Waals surface area contributed by atoms with Crippen molar-refractivity contribution in [1.82, 2.24) is 15.1 Å². The van der Waals surface area contributed by atoms with Gasteiger partial charge in [-0.1, -0.05) is 19.3 Å². The fourth-order valence-electron chi connectivity index (χ4n) is 4.24. The average Bonchev–Trinajstić information content (AvgIpc) is 2.93. The van der Waals surface area contributed by atoms with Crippen molar-refractivity contribution >= 4 is 5.91 Å². The van der Waals surface area contributed by atoms with Crippen LogP contribution < -0.4 is 5.32 Å². The van der Waals surface area contributed by atoms with Gasteiger partial charge in [-0.3, -0.25) is 4.79 Å². The minimum Gasteiger partial charge on any atom is -0.334 e. The van der Waals surface area contributed by atoms with E-state index in [0.29, 0.717) is 5.91 Å². The normalized spacial score (nSPS) is 31.8. The number of carbonyl (C=O) groups excluding carboxylic acids is 1. The van der Waals surface area contributed by atoms with Crippen LogP contribution in [0.15, 0.2) is 0 Å². The Labute approximate surface area is 116 Å². The third-order valence-electron chi connectivity index (χ3n) is 5.30. The summed E-state index contributed by atoms with van der Waals surface area (Å²) in [6.45, 7) is 4.96. The number of nitrogens with zero attached hydrogens (tertiary/aromatic N) is 2. The molecule has 1 saturated carbocycles. The van der Waals surface area contributed by atoms with Crippen LogP contribution in [0.25, 0.3) is 0 Å². The third kappa shape index (κ3) is 2.52. The molecule has 108 valence electrons. The van der Waals surface area contributed by atoms with Crippen molar-refractivity contribution in [1.29, 1.82) is 0 Å². The fourth-order valence-corrected chi connectivity index (χ4v) is 4.24. The molecule has 3 fully saturated rings. The predicted molar refractivity (Wildman–Crippen MR) is 76.0 cm³/mol. The second-order valence-electron chi connectivity index (χ2n) is 6.70. The first-order valence-corrected chi connectivity index (χ1v) is 7.92. The van der Waals surface area contributed by atoms with E-state index in [9.17, 15) is 4.79 Å². The Hall–Kier alpha value is -0.610. The minimum absolute atomic E-state index is 0.158. The van der Waals surface area contributed by atoms with Gasteiger partial charge in [-0.05, 0) is 32.9 Å². The highest BCUT2D eigenvalue weighted by Crippen LogP contribution is 2.37. The molecule has 19 heavy (non-hydrogen) atoms. The lowest BCUT2D eigenvalue weighted by atomic mass is 9.78. The fraction of sp³-hybridized carbons (Fsp3) is 0.933. The number of rotatable bonds is 1. The molecule has 1 aliphatic carbocycles. The zero-order valence-corrected chi connectivity index (χ0v) is 12.2. The molecule has 1 unspecified atom stereocenters. The lowest BCUT2D eigenvalue weighted by Gasteiger charge is -2.52. The smallest absolute Gasteiger partial charge is 0.227 e. The van der Waals surface area contributed by atoms with Gasteiger partial charge >= 0.3 is 0 Å². The number of nitrogens with one attached hydrogen (secondary N) is 1. The first-order chi connectivity index (χ1) is 9.21. The summed E-state index contributed by atoms with van der Waals surface area (Å²) in [6.07, 6.45) is 7.38. The van der Waals surface area contributed by atoms with Crippen molar-refractivity contribution in [2.45, 2.75) is 44.1 Å². The Morgan fingerprint density at radius 1 is 1.21 bits per heavy atom. The van der Waals surface area contributed by atoms with Crippen molar-refractivity contribution in [2.75, 3.05) is 39.8 Å². The molecular formula is C15H27N3O. The minimum atomic E-state index is 0.158. The summed E-state index contributed by atoms with van der Waals surface area (Å²) in [6, 6.07) is 0. The SMILES string of the molecule is CN1CCN(C(=O)C2CCNC2)C2(CCCCC2)C1. The molecule has 1 N–H and O–H groups in total. The quantitative estimate of drug-likeness (QED) is 0.770. The number of hydrogen-bond acceptors (Lipinski definition) is 3. The second-order valence-corrected chi connectivity index (χ2v) is 6.70. The highest BCUT2D eigenvalue weighted by atomic mass is 16.2. The standard InChI is InChI=1S/C15H27N3O/c1-17-9-10-18(14(19)13-5-8-16-11-13)15(12-17)6-3-2-4-7-15/h13,16H,2-12H2,1H3. The molecule has 4 nitrogen and oxygen atoms in total. The van der Waals surface area contributed by atoms with Crippen LogP contribution >= 0.6 is 0 Å². The van der Waals surface area contributed by atoms with Crippen molar-refractivity contribution in [3.05, 3.63) is 0 Å². The molecule has 1 spiro atoms. The lowest BCUT2D eigenvalue weighted by Crippen LogP contribution is -2.64. The molecule has 0 aromatic rings. The van der Waals surface area contributed by atoms with Gasteiger partial charge in [0.25, 0.3) is 0 Å². The first kappa shape index (κ1) is 13.4. The topological polar surface area (TPSA) is 35.6 Å². The molecular weight excluding hydrogens is 238 g/mol. The summed E-state index contributed by atoms with van der Waals surface area (Å²) >= 11 is 0. The van der Waals surface area contributed by atoms with Crippen LogP contribution in [0.1, 0.15) is 38.5 Å². The van der Waals surface area contributed by atoms with Gasteiger partial charge < -0.3 is 15.1 Å². The molecule has 2 saturated heterocycles. The van der Waals surface area contributed by atoms with Gasteiger partial charge in [0, 0.05) is 26.2 Å². The van der Waals surface area contributed by atoms with E-state index in [1.54, 1.807) is 0 Å². The van der Waals surface area contributed by atoms with Gasteiger partial charge in [0.1, 0.15) is 0 Å². The summed E-state index contributed by atoms with van der Waals surface area (Å²) in [5.41, 5.74) is 0.158. The molecule has 0 aromatic heterocycles. The van der Waals surface area contributed by atoms with Crippen LogP contribution in [-0.4, -0.2) is 61.0 Å². The van der Waals surface area contributed by atoms with Gasteiger partial charge in [0.15, 0.2) is 0 Å². The highest BCUT2D eigenvalue weighted by Gasteiger charge is 2.45. The van der Waals surface area contributed by atoms with E-state index in [0.717, 1.165) is 39.1 Å². The van der Waals surface area contributed by atoms with Crippen LogP contribution in [0, 0.1) is 5.92 Å². The molecule has 2 aliphatic heterocycles. The van der Waals surface area contributed by atoms with E-state index in [1.807, 2.05) is 0 Å². The average molecular weight is 265 g/mol. The number of amides is 1. The third-order valence-corrected chi connectivity index (χ3v) is 5.30. The van der Waals surface area contributed by atoms with E-state index in [-0.39, 0.29) is 11.5 Å². The molecule has 3 rings (SSSR count).